The number of amides is 2. The molecule has 2 fully saturated rings. The number of esters is 1. The van der Waals surface area contributed by atoms with E-state index in [4.69, 9.17) is 18.4 Å². The van der Waals surface area contributed by atoms with E-state index in [-0.39, 0.29) is 23.8 Å². The van der Waals surface area contributed by atoms with Gasteiger partial charge in [0.15, 0.2) is 0 Å². The molecule has 0 radical (unpaired) electrons. The zero-order valence-corrected chi connectivity index (χ0v) is 23.7. The topological polar surface area (TPSA) is 138 Å². The molecule has 206 valence electrons. The highest BCUT2D eigenvalue weighted by Gasteiger charge is 2.46. The van der Waals surface area contributed by atoms with Crippen LogP contribution < -0.4 is 5.32 Å². The average Bonchev–Trinajstić information content (AvgIpc) is 3.24. The number of carbonyl (C=O) groups is 3. The first kappa shape index (κ1) is 29.3. The summed E-state index contributed by atoms with van der Waals surface area (Å²) in [6.45, 7) is 5.78. The summed E-state index contributed by atoms with van der Waals surface area (Å²) in [5, 5.41) is 2.67. The summed E-state index contributed by atoms with van der Waals surface area (Å²) in [5.74, 6) is -1.51. The molecule has 13 heteroatoms. The van der Waals surface area contributed by atoms with Gasteiger partial charge in [-0.1, -0.05) is 15.9 Å². The van der Waals surface area contributed by atoms with E-state index in [0.717, 1.165) is 0 Å². The molecule has 2 aliphatic rings. The van der Waals surface area contributed by atoms with E-state index >= 15 is 0 Å². The second kappa shape index (κ2) is 12.1. The average molecular weight is 606 g/mol. The lowest BCUT2D eigenvalue weighted by Gasteiger charge is -2.34. The van der Waals surface area contributed by atoms with Crippen molar-refractivity contribution in [2.45, 2.75) is 68.7 Å². The van der Waals surface area contributed by atoms with E-state index < -0.39 is 51.9 Å². The van der Waals surface area contributed by atoms with Gasteiger partial charge in [-0.15, -0.1) is 0 Å². The normalized spacial score (nSPS) is 21.8. The minimum Gasteiger partial charge on any atom is -0.467 e. The zero-order valence-electron chi connectivity index (χ0n) is 21.3. The predicted molar refractivity (Wildman–Crippen MR) is 135 cm³/mol. The minimum absolute atomic E-state index is 0.0539. The molecule has 0 aliphatic carbocycles. The Morgan fingerprint density at radius 1 is 1.14 bits per heavy atom. The number of likely N-dealkylation sites (tertiary alicyclic amines) is 1. The highest BCUT2D eigenvalue weighted by molar-refractivity contribution is 9.10. The Balaban J connectivity index is 1.83. The van der Waals surface area contributed by atoms with Crippen molar-refractivity contribution in [2.75, 3.05) is 26.9 Å². The van der Waals surface area contributed by atoms with Gasteiger partial charge in [-0.25, -0.2) is 9.59 Å². The summed E-state index contributed by atoms with van der Waals surface area (Å²) in [6, 6.07) is 3.83. The monoisotopic (exact) mass is 604 g/mol. The minimum atomic E-state index is -4.16. The zero-order chi connectivity index (χ0) is 27.4. The van der Waals surface area contributed by atoms with Crippen molar-refractivity contribution in [1.29, 1.82) is 0 Å². The van der Waals surface area contributed by atoms with Crippen LogP contribution in [0.15, 0.2) is 33.6 Å². The fourth-order valence-electron chi connectivity index (χ4n) is 4.35. The first-order chi connectivity index (χ1) is 17.3. The van der Waals surface area contributed by atoms with Crippen molar-refractivity contribution in [2.24, 2.45) is 5.92 Å². The quantitative estimate of drug-likeness (QED) is 0.367. The first-order valence-electron chi connectivity index (χ1n) is 11.9. The number of ether oxygens (including phenoxy) is 3. The van der Waals surface area contributed by atoms with Crippen LogP contribution in [0.4, 0.5) is 4.79 Å². The molecule has 2 heterocycles. The third-order valence-corrected chi connectivity index (χ3v) is 7.96. The molecule has 2 amide bonds. The number of hydrogen-bond donors (Lipinski definition) is 1. The molecule has 0 bridgehead atoms. The Kier molecular flexibility index (Phi) is 9.59. The van der Waals surface area contributed by atoms with Gasteiger partial charge in [0, 0.05) is 30.7 Å². The smallest absolute Gasteiger partial charge is 0.408 e. The molecular weight excluding hydrogens is 572 g/mol. The van der Waals surface area contributed by atoms with E-state index in [1.807, 2.05) is 0 Å². The Hall–Kier alpha value is -2.22. The van der Waals surface area contributed by atoms with Crippen molar-refractivity contribution >= 4 is 44.0 Å². The maximum absolute atomic E-state index is 13.8. The third-order valence-electron chi connectivity index (χ3n) is 6.06. The fourth-order valence-corrected chi connectivity index (χ4v) is 5.69. The van der Waals surface area contributed by atoms with Crippen molar-refractivity contribution < 1.29 is 41.2 Å². The third kappa shape index (κ3) is 7.88. The van der Waals surface area contributed by atoms with E-state index in [0.29, 0.717) is 30.5 Å². The number of benzene rings is 1. The van der Waals surface area contributed by atoms with Crippen molar-refractivity contribution in [3.63, 3.8) is 0 Å². The van der Waals surface area contributed by atoms with Gasteiger partial charge in [0.25, 0.3) is 10.1 Å². The lowest BCUT2D eigenvalue weighted by molar-refractivity contribution is -0.152. The second-order valence-corrected chi connectivity index (χ2v) is 12.5. The van der Waals surface area contributed by atoms with E-state index in [1.54, 1.807) is 32.9 Å². The number of hydrogen-bond acceptors (Lipinski definition) is 9. The largest absolute Gasteiger partial charge is 0.467 e. The van der Waals surface area contributed by atoms with Gasteiger partial charge in [-0.2, -0.15) is 8.42 Å². The number of rotatable bonds is 7. The van der Waals surface area contributed by atoms with Gasteiger partial charge in [0.2, 0.25) is 5.91 Å². The summed E-state index contributed by atoms with van der Waals surface area (Å²) in [5.41, 5.74) is -0.782. The Bertz CT molecular complexity index is 1080. The Morgan fingerprint density at radius 2 is 1.76 bits per heavy atom. The number of nitrogens with one attached hydrogen (secondary N) is 1. The first-order valence-corrected chi connectivity index (χ1v) is 14.2. The highest BCUT2D eigenvalue weighted by Crippen LogP contribution is 2.29. The molecule has 2 saturated heterocycles. The molecule has 11 nitrogen and oxygen atoms in total. The van der Waals surface area contributed by atoms with E-state index in [1.165, 1.54) is 24.1 Å². The molecule has 0 unspecified atom stereocenters. The van der Waals surface area contributed by atoms with Crippen LogP contribution in [-0.2, 0) is 38.1 Å². The number of nitrogens with zero attached hydrogens (tertiary/aromatic N) is 1. The molecule has 3 rings (SSSR count). The van der Waals surface area contributed by atoms with Gasteiger partial charge in [-0.3, -0.25) is 8.98 Å². The maximum Gasteiger partial charge on any atom is 0.408 e. The number of alkyl carbamates (subject to hydrolysis) is 1. The molecule has 0 spiro atoms. The number of carbonyl (C=O) groups excluding carboxylic acids is 3. The van der Waals surface area contributed by atoms with Crippen LogP contribution in [0.5, 0.6) is 0 Å². The summed E-state index contributed by atoms with van der Waals surface area (Å²) in [4.78, 5) is 40.2. The molecule has 0 aromatic heterocycles. The van der Waals surface area contributed by atoms with E-state index in [9.17, 15) is 22.8 Å². The Morgan fingerprint density at radius 3 is 2.32 bits per heavy atom. The second-order valence-electron chi connectivity index (χ2n) is 9.97. The SMILES string of the molecule is COC(=O)[C@@H]1C[C@H](OS(=O)(=O)c2ccc(Br)cc2)CN1C(=O)[C@@H](NC(=O)OC(C)(C)C)C1CCOCC1. The summed E-state index contributed by atoms with van der Waals surface area (Å²) < 4.78 is 47.5. The lowest BCUT2D eigenvalue weighted by atomic mass is 9.90. The van der Waals surface area contributed by atoms with Crippen LogP contribution in [0.2, 0.25) is 0 Å². The van der Waals surface area contributed by atoms with Gasteiger partial charge < -0.3 is 24.4 Å². The van der Waals surface area contributed by atoms with Crippen LogP contribution >= 0.6 is 15.9 Å². The molecule has 1 aromatic rings. The van der Waals surface area contributed by atoms with Gasteiger partial charge in [0.05, 0.1) is 18.1 Å². The van der Waals surface area contributed by atoms with Gasteiger partial charge in [-0.05, 0) is 63.8 Å². The molecule has 1 N–H and O–H groups in total. The summed E-state index contributed by atoms with van der Waals surface area (Å²) in [6.07, 6.45) is -0.807. The van der Waals surface area contributed by atoms with Crippen LogP contribution in [-0.4, -0.2) is 81.9 Å². The summed E-state index contributed by atoms with van der Waals surface area (Å²) >= 11 is 3.26. The fraction of sp³-hybridized carbons (Fsp3) is 0.625. The van der Waals surface area contributed by atoms with Crippen LogP contribution in [0, 0.1) is 5.92 Å². The molecule has 1 aromatic carbocycles. The molecular formula is C24H33BrN2O9S. The van der Waals surface area contributed by atoms with E-state index in [2.05, 4.69) is 21.2 Å². The Labute approximate surface area is 225 Å². The van der Waals surface area contributed by atoms with Gasteiger partial charge >= 0.3 is 12.1 Å². The molecule has 3 atom stereocenters. The maximum atomic E-state index is 13.8. The highest BCUT2D eigenvalue weighted by atomic mass is 79.9. The van der Waals surface area contributed by atoms with Crippen molar-refractivity contribution in [1.82, 2.24) is 10.2 Å². The number of halogens is 1. The molecule has 2 aliphatic heterocycles. The predicted octanol–water partition coefficient (Wildman–Crippen LogP) is 2.62. The standard InChI is InChI=1S/C24H33BrN2O9S/c1-24(2,3)35-23(30)26-20(15-9-11-34-12-10-15)21(28)27-14-17(13-19(27)22(29)33-4)36-37(31,32)18-7-5-16(25)6-8-18/h5-8,15,17,19-20H,9-14H2,1-4H3,(H,26,30)/t17-,19-,20-/m0/s1. The van der Waals surface area contributed by atoms with Crippen molar-refractivity contribution in [3.05, 3.63) is 28.7 Å². The lowest BCUT2D eigenvalue weighted by Crippen LogP contribution is -2.56. The molecule has 0 saturated carbocycles. The van der Waals surface area contributed by atoms with Crippen molar-refractivity contribution in [3.8, 4) is 0 Å². The summed E-state index contributed by atoms with van der Waals surface area (Å²) in [7, 11) is -2.98. The van der Waals surface area contributed by atoms with Crippen LogP contribution in [0.1, 0.15) is 40.0 Å². The van der Waals surface area contributed by atoms with Crippen LogP contribution in [0.3, 0.4) is 0 Å². The number of methoxy groups -OCH3 is 1. The van der Waals surface area contributed by atoms with Gasteiger partial charge in [0.1, 0.15) is 17.7 Å². The molecule has 37 heavy (non-hydrogen) atoms. The van der Waals surface area contributed by atoms with Crippen LogP contribution in [0.25, 0.3) is 0 Å².